The summed E-state index contributed by atoms with van der Waals surface area (Å²) in [4.78, 5) is 110. The molecule has 0 bridgehead atoms. The molecule has 3 atom stereocenters. The number of nitrogens with two attached hydrogens (primary N) is 1. The molecule has 0 saturated carbocycles. The maximum absolute atomic E-state index is 12.0. The van der Waals surface area contributed by atoms with E-state index >= 15 is 0 Å². The molecule has 23 nitrogen and oxygen atoms in total. The highest BCUT2D eigenvalue weighted by Gasteiger charge is 2.26. The van der Waals surface area contributed by atoms with Gasteiger partial charge in [-0.3, -0.25) is 43.6 Å². The lowest BCUT2D eigenvalue weighted by molar-refractivity contribution is -0.149. The molecular weight excluding hydrogens is 1400 g/mol. The summed E-state index contributed by atoms with van der Waals surface area (Å²) in [5, 5.41) is 21.5. The Balaban J connectivity index is 0. The molecule has 0 aliphatic carbocycles. The predicted octanol–water partition coefficient (Wildman–Crippen LogP) is 10.7. The standard InChI is InChI=1S/C18H27NO4.C15H22N2O3.C14H19NO4.C12H15BrO2.C8H7BrO2.C6H13NO2.CH5N/c1-7-22-17(21)15(19(5)6)12-13-8-10-14(11-9-13)16(20)23-18(2,3)4;1-5-20-15(19)13(17(3)4)10-11-6-8-12(9-7-11)14(18)16-2;1-4-19-14(18)12(15(2)3)9-10-5-7-11(8-6-10)13(16)17;1-12(2,3)15-11(14)10-6-4-9(8-13)5-7-10;9-5-6-1-3-7(4-2-6)8(10)11;1-4-9-6(8)5-7(2)3;1-2/h8-11,15H,7,12H2,1-6H3;6-9,13H,5,10H2,1-4H3,(H,16,18);5-8,12H,4,9H2,1-3H3,(H,16,17);4-7H,8H2,1-3H3;1-4H,5H2,(H,10,11);4-5H2,1-3H3;2H2,1H3. The number of ether oxygens (including phenoxy) is 6. The molecule has 5 rings (SSSR count). The number of aromatic carboxylic acids is 2. The van der Waals surface area contributed by atoms with E-state index in [4.69, 9.17) is 33.9 Å². The molecule has 0 heterocycles. The number of halogens is 2. The van der Waals surface area contributed by atoms with E-state index in [0.717, 1.165) is 38.5 Å². The lowest BCUT2D eigenvalue weighted by Crippen LogP contribution is -2.39. The number of carboxylic acid groups (broad SMARTS) is 2. The summed E-state index contributed by atoms with van der Waals surface area (Å²) < 4.78 is 30.4. The van der Waals surface area contributed by atoms with Crippen LogP contribution >= 0.6 is 31.9 Å². The number of rotatable bonds is 25. The summed E-state index contributed by atoms with van der Waals surface area (Å²) in [5.41, 5.74) is 10.9. The van der Waals surface area contributed by atoms with Gasteiger partial charge in [0, 0.05) is 23.3 Å². The number of alkyl halides is 2. The van der Waals surface area contributed by atoms with Crippen LogP contribution in [0.5, 0.6) is 0 Å². The van der Waals surface area contributed by atoms with Crippen LogP contribution in [0, 0.1) is 0 Å². The monoisotopic (exact) mass is 1510 g/mol. The van der Waals surface area contributed by atoms with Gasteiger partial charge in [-0.05, 0) is 240 Å². The van der Waals surface area contributed by atoms with Crippen molar-refractivity contribution < 1.29 is 81.8 Å². The van der Waals surface area contributed by atoms with E-state index in [0.29, 0.717) is 74.5 Å². The predicted molar refractivity (Wildman–Crippen MR) is 394 cm³/mol. The fourth-order valence-electron chi connectivity index (χ4n) is 7.92. The van der Waals surface area contributed by atoms with E-state index in [1.807, 2.05) is 144 Å². The molecule has 0 aromatic heterocycles. The van der Waals surface area contributed by atoms with E-state index in [1.165, 1.54) is 19.2 Å². The Hall–Kier alpha value is -7.91. The van der Waals surface area contributed by atoms with Gasteiger partial charge in [-0.1, -0.05) is 92.5 Å². The van der Waals surface area contributed by atoms with Crippen LogP contribution in [0.4, 0.5) is 0 Å². The van der Waals surface area contributed by atoms with Gasteiger partial charge in [-0.15, -0.1) is 0 Å². The fraction of sp³-hybridized carbons (Fsp3) is 0.473. The molecule has 0 spiro atoms. The number of hydrogen-bond acceptors (Lipinski definition) is 20. The molecule has 0 fully saturated rings. The highest BCUT2D eigenvalue weighted by molar-refractivity contribution is 9.08. The average Bonchev–Trinajstić information content (AvgIpc) is 0.898. The van der Waals surface area contributed by atoms with E-state index < -0.39 is 23.1 Å². The number of carbonyl (C=O) groups excluding carboxylic acids is 7. The van der Waals surface area contributed by atoms with Crippen molar-refractivity contribution in [2.24, 2.45) is 5.73 Å². The Bertz CT molecular complexity index is 3170. The zero-order chi connectivity index (χ0) is 76.2. The first-order valence-electron chi connectivity index (χ1n) is 32.0. The lowest BCUT2D eigenvalue weighted by atomic mass is 10.0. The normalized spacial score (nSPS) is 11.5. The number of nitrogens with one attached hydrogen (secondary N) is 1. The maximum Gasteiger partial charge on any atom is 0.338 e. The Morgan fingerprint density at radius 1 is 0.414 bits per heavy atom. The molecule has 25 heteroatoms. The average molecular weight is 1510 g/mol. The maximum atomic E-state index is 12.0. The van der Waals surface area contributed by atoms with Crippen molar-refractivity contribution >= 4 is 85.5 Å². The van der Waals surface area contributed by atoms with Gasteiger partial charge >= 0.3 is 47.8 Å². The first-order chi connectivity index (χ1) is 46.4. The number of likely N-dealkylation sites (N-methyl/N-ethyl adjacent to an activating group) is 4. The molecule has 0 aliphatic heterocycles. The third-order valence-corrected chi connectivity index (χ3v) is 14.2. The zero-order valence-corrected chi connectivity index (χ0v) is 64.7. The van der Waals surface area contributed by atoms with Crippen LogP contribution < -0.4 is 11.1 Å². The van der Waals surface area contributed by atoms with E-state index in [9.17, 15) is 43.2 Å². The number of nitrogens with zero attached hydrogens (tertiary/aromatic N) is 4. The largest absolute Gasteiger partial charge is 0.478 e. The summed E-state index contributed by atoms with van der Waals surface area (Å²) in [7, 11) is 17.8. The summed E-state index contributed by atoms with van der Waals surface area (Å²) in [6.45, 7) is 20.2. The first-order valence-corrected chi connectivity index (χ1v) is 34.2. The third-order valence-electron chi connectivity index (χ3n) is 12.9. The zero-order valence-electron chi connectivity index (χ0n) is 61.5. The van der Waals surface area contributed by atoms with Gasteiger partial charge in [0.25, 0.3) is 5.91 Å². The van der Waals surface area contributed by atoms with Crippen LogP contribution in [0.1, 0.15) is 149 Å². The minimum atomic E-state index is -0.957. The van der Waals surface area contributed by atoms with Crippen molar-refractivity contribution in [2.75, 3.05) is 103 Å². The molecule has 550 valence electrons. The molecule has 1 amide bonds. The Morgan fingerprint density at radius 2 is 0.657 bits per heavy atom. The second-order valence-corrected chi connectivity index (χ2v) is 25.4. The molecule has 0 radical (unpaired) electrons. The molecule has 5 aromatic rings. The minimum absolute atomic E-state index is 0.119. The second kappa shape index (κ2) is 50.4. The van der Waals surface area contributed by atoms with Crippen molar-refractivity contribution in [1.29, 1.82) is 0 Å². The highest BCUT2D eigenvalue weighted by Crippen LogP contribution is 2.18. The number of benzene rings is 5. The molecule has 5 N–H and O–H groups in total. The van der Waals surface area contributed by atoms with Gasteiger partial charge in [0.05, 0.1) is 55.2 Å². The number of amides is 1. The van der Waals surface area contributed by atoms with Crippen molar-refractivity contribution in [3.05, 3.63) is 177 Å². The van der Waals surface area contributed by atoms with Gasteiger partial charge in [0.15, 0.2) is 0 Å². The van der Waals surface area contributed by atoms with Crippen LogP contribution in [0.3, 0.4) is 0 Å². The van der Waals surface area contributed by atoms with Crippen LogP contribution in [-0.4, -0.2) is 216 Å². The Labute approximate surface area is 603 Å². The smallest absolute Gasteiger partial charge is 0.338 e. The van der Waals surface area contributed by atoms with Crippen LogP contribution in [-0.2, 0) is 77.5 Å². The summed E-state index contributed by atoms with van der Waals surface area (Å²) in [5.74, 6) is -3.49. The van der Waals surface area contributed by atoms with Crippen LogP contribution in [0.15, 0.2) is 121 Å². The first kappa shape index (κ1) is 93.1. The van der Waals surface area contributed by atoms with Crippen LogP contribution in [0.25, 0.3) is 0 Å². The molecule has 5 aromatic carbocycles. The Kier molecular flexibility index (Phi) is 47.4. The number of esters is 6. The second-order valence-electron chi connectivity index (χ2n) is 24.3. The fourth-order valence-corrected chi connectivity index (χ4v) is 8.67. The number of carboxylic acids is 2. The minimum Gasteiger partial charge on any atom is -0.478 e. The highest BCUT2D eigenvalue weighted by atomic mass is 79.9. The summed E-state index contributed by atoms with van der Waals surface area (Å²) >= 11 is 6.62. The van der Waals surface area contributed by atoms with Gasteiger partial charge in [0.2, 0.25) is 0 Å². The van der Waals surface area contributed by atoms with E-state index in [-0.39, 0.29) is 65.4 Å². The van der Waals surface area contributed by atoms with Crippen molar-refractivity contribution in [1.82, 2.24) is 24.9 Å². The third kappa shape index (κ3) is 41.3. The molecular formula is C74H108Br2N6O17. The molecule has 0 saturated heterocycles. The van der Waals surface area contributed by atoms with E-state index in [2.05, 4.69) is 47.6 Å². The number of hydrogen-bond donors (Lipinski definition) is 4. The SMILES string of the molecule is CC(C)(C)OC(=O)c1ccc(CBr)cc1.CCOC(=O)C(Cc1ccc(C(=O)NC)cc1)N(C)C.CCOC(=O)C(Cc1ccc(C(=O)O)cc1)N(C)C.CCOC(=O)C(Cc1ccc(C(=O)OC(C)(C)C)cc1)N(C)C.CCOC(=O)CN(C)C.CN.O=C(O)c1ccc(CBr)cc1. The molecule has 0 aliphatic rings. The molecule has 3 unspecified atom stereocenters. The van der Waals surface area contributed by atoms with Crippen LogP contribution in [0.2, 0.25) is 0 Å². The van der Waals surface area contributed by atoms with Gasteiger partial charge in [0.1, 0.15) is 29.3 Å². The van der Waals surface area contributed by atoms with Crippen molar-refractivity contribution in [2.45, 2.75) is 128 Å². The summed E-state index contributed by atoms with van der Waals surface area (Å²) in [6, 6.07) is 34.0. The summed E-state index contributed by atoms with van der Waals surface area (Å²) in [6.07, 6.45) is 1.58. The molecule has 99 heavy (non-hydrogen) atoms. The van der Waals surface area contributed by atoms with Crippen molar-refractivity contribution in [3.63, 3.8) is 0 Å². The van der Waals surface area contributed by atoms with E-state index in [1.54, 1.807) is 117 Å². The van der Waals surface area contributed by atoms with Gasteiger partial charge in [-0.25, -0.2) is 19.2 Å². The topological polar surface area (TPSA) is 300 Å². The van der Waals surface area contributed by atoms with Gasteiger partial charge < -0.3 is 49.7 Å². The lowest BCUT2D eigenvalue weighted by Gasteiger charge is -2.22. The number of carbonyl (C=O) groups is 9. The Morgan fingerprint density at radius 3 is 0.859 bits per heavy atom. The van der Waals surface area contributed by atoms with Gasteiger partial charge in [-0.2, -0.15) is 0 Å². The van der Waals surface area contributed by atoms with Crippen molar-refractivity contribution in [3.8, 4) is 0 Å². The quantitative estimate of drug-likeness (QED) is 0.0240.